The molecule has 1 saturated heterocycles. The summed E-state index contributed by atoms with van der Waals surface area (Å²) >= 11 is 5.89. The molecule has 3 heteroatoms. The molecule has 1 aromatic rings. The van der Waals surface area contributed by atoms with E-state index in [1.165, 1.54) is 0 Å². The standard InChI is InChI=1S/C15H22ClNO/c1-2-15(18,13-4-3-9-17-11-13)10-12-5-7-14(16)8-6-12/h5-8,13,17-18H,2-4,9-11H2,1H3/t13-,15+/m0/s1. The molecular formula is C15H22ClNO. The van der Waals surface area contributed by atoms with Crippen LogP contribution in [0.1, 0.15) is 31.7 Å². The third kappa shape index (κ3) is 3.25. The summed E-state index contributed by atoms with van der Waals surface area (Å²) in [4.78, 5) is 0. The third-order valence-corrected chi connectivity index (χ3v) is 4.34. The van der Waals surface area contributed by atoms with Crippen molar-refractivity contribution >= 4 is 11.6 Å². The van der Waals surface area contributed by atoms with Gasteiger partial charge in [-0.15, -0.1) is 0 Å². The van der Waals surface area contributed by atoms with Crippen LogP contribution in [0.25, 0.3) is 0 Å². The van der Waals surface area contributed by atoms with Crippen molar-refractivity contribution in [3.8, 4) is 0 Å². The summed E-state index contributed by atoms with van der Waals surface area (Å²) in [7, 11) is 0. The topological polar surface area (TPSA) is 32.3 Å². The Bertz CT molecular complexity index is 373. The minimum atomic E-state index is -0.596. The van der Waals surface area contributed by atoms with E-state index >= 15 is 0 Å². The van der Waals surface area contributed by atoms with E-state index in [1.54, 1.807) is 0 Å². The Hall–Kier alpha value is -0.570. The van der Waals surface area contributed by atoms with Gasteiger partial charge in [0.2, 0.25) is 0 Å². The number of hydrogen-bond acceptors (Lipinski definition) is 2. The highest BCUT2D eigenvalue weighted by molar-refractivity contribution is 6.30. The second-order valence-corrected chi connectivity index (χ2v) is 5.74. The minimum absolute atomic E-state index is 0.354. The summed E-state index contributed by atoms with van der Waals surface area (Å²) in [5, 5.41) is 15.0. The lowest BCUT2D eigenvalue weighted by Crippen LogP contribution is -2.47. The Morgan fingerprint density at radius 1 is 1.39 bits per heavy atom. The summed E-state index contributed by atoms with van der Waals surface area (Å²) in [6, 6.07) is 7.82. The van der Waals surface area contributed by atoms with Crippen LogP contribution in [-0.2, 0) is 6.42 Å². The van der Waals surface area contributed by atoms with E-state index in [9.17, 15) is 5.11 Å². The Kier molecular flexibility index (Phi) is 4.66. The molecule has 1 aliphatic heterocycles. The van der Waals surface area contributed by atoms with Crippen LogP contribution in [0.3, 0.4) is 0 Å². The first-order valence-corrected chi connectivity index (χ1v) is 7.19. The number of benzene rings is 1. The minimum Gasteiger partial charge on any atom is -0.389 e. The first-order valence-electron chi connectivity index (χ1n) is 6.81. The van der Waals surface area contributed by atoms with Gasteiger partial charge in [-0.2, -0.15) is 0 Å². The van der Waals surface area contributed by atoms with Gasteiger partial charge in [0.25, 0.3) is 0 Å². The van der Waals surface area contributed by atoms with Crippen molar-refractivity contribution in [2.75, 3.05) is 13.1 Å². The van der Waals surface area contributed by atoms with E-state index in [4.69, 9.17) is 11.6 Å². The molecule has 1 heterocycles. The number of piperidine rings is 1. The summed E-state index contributed by atoms with van der Waals surface area (Å²) in [6.45, 7) is 4.08. The zero-order valence-corrected chi connectivity index (χ0v) is 11.7. The van der Waals surface area contributed by atoms with Crippen molar-refractivity contribution in [2.24, 2.45) is 5.92 Å². The SMILES string of the molecule is CC[C@@](O)(Cc1ccc(Cl)cc1)[C@H]1CCCNC1. The molecule has 0 aliphatic carbocycles. The lowest BCUT2D eigenvalue weighted by molar-refractivity contribution is -0.0305. The molecule has 0 unspecified atom stereocenters. The van der Waals surface area contributed by atoms with Crippen LogP contribution in [-0.4, -0.2) is 23.8 Å². The summed E-state index contributed by atoms with van der Waals surface area (Å²) < 4.78 is 0. The van der Waals surface area contributed by atoms with Gasteiger partial charge < -0.3 is 10.4 Å². The first-order chi connectivity index (χ1) is 8.64. The second-order valence-electron chi connectivity index (χ2n) is 5.30. The molecule has 1 fully saturated rings. The highest BCUT2D eigenvalue weighted by atomic mass is 35.5. The number of rotatable bonds is 4. The van der Waals surface area contributed by atoms with Crippen LogP contribution >= 0.6 is 11.6 Å². The Morgan fingerprint density at radius 2 is 2.11 bits per heavy atom. The van der Waals surface area contributed by atoms with E-state index in [0.29, 0.717) is 12.3 Å². The molecule has 1 aromatic carbocycles. The molecule has 0 radical (unpaired) electrons. The largest absolute Gasteiger partial charge is 0.389 e. The summed E-state index contributed by atoms with van der Waals surface area (Å²) in [5.41, 5.74) is 0.565. The molecule has 100 valence electrons. The van der Waals surface area contributed by atoms with Gasteiger partial charge in [-0.05, 0) is 43.5 Å². The van der Waals surface area contributed by atoms with Crippen LogP contribution in [0.4, 0.5) is 0 Å². The molecule has 0 spiro atoms. The maximum Gasteiger partial charge on any atom is 0.0725 e. The van der Waals surface area contributed by atoms with Gasteiger partial charge in [0.05, 0.1) is 5.60 Å². The molecule has 2 nitrogen and oxygen atoms in total. The molecule has 1 aliphatic rings. The van der Waals surface area contributed by atoms with E-state index in [0.717, 1.165) is 42.9 Å². The highest BCUT2D eigenvalue weighted by Gasteiger charge is 2.35. The van der Waals surface area contributed by atoms with Crippen molar-refractivity contribution < 1.29 is 5.11 Å². The molecule has 2 atom stereocenters. The maximum absolute atomic E-state index is 10.9. The molecule has 0 bridgehead atoms. The predicted octanol–water partition coefficient (Wildman–Crippen LogP) is 3.02. The molecule has 2 N–H and O–H groups in total. The Balaban J connectivity index is 2.08. The quantitative estimate of drug-likeness (QED) is 0.879. The average Bonchev–Trinajstić information content (AvgIpc) is 2.42. The van der Waals surface area contributed by atoms with Crippen molar-refractivity contribution in [1.82, 2.24) is 5.32 Å². The lowest BCUT2D eigenvalue weighted by Gasteiger charge is -2.38. The van der Waals surface area contributed by atoms with Gasteiger partial charge in [0.1, 0.15) is 0 Å². The van der Waals surface area contributed by atoms with E-state index in [1.807, 2.05) is 24.3 Å². The molecule has 0 aromatic heterocycles. The molecule has 0 amide bonds. The fourth-order valence-corrected chi connectivity index (χ4v) is 2.95. The Morgan fingerprint density at radius 3 is 2.67 bits per heavy atom. The van der Waals surface area contributed by atoms with Crippen LogP contribution in [0, 0.1) is 5.92 Å². The van der Waals surface area contributed by atoms with Crippen molar-refractivity contribution in [2.45, 2.75) is 38.2 Å². The van der Waals surface area contributed by atoms with Crippen LogP contribution in [0.2, 0.25) is 5.02 Å². The zero-order chi connectivity index (χ0) is 13.0. The second kappa shape index (κ2) is 6.05. The molecule has 18 heavy (non-hydrogen) atoms. The van der Waals surface area contributed by atoms with Crippen LogP contribution in [0.15, 0.2) is 24.3 Å². The van der Waals surface area contributed by atoms with Crippen LogP contribution in [0.5, 0.6) is 0 Å². The van der Waals surface area contributed by atoms with Gasteiger partial charge in [-0.25, -0.2) is 0 Å². The van der Waals surface area contributed by atoms with Gasteiger partial charge in [-0.3, -0.25) is 0 Å². The third-order valence-electron chi connectivity index (χ3n) is 4.09. The smallest absolute Gasteiger partial charge is 0.0725 e. The first kappa shape index (κ1) is 13.9. The van der Waals surface area contributed by atoms with Crippen LogP contribution < -0.4 is 5.32 Å². The predicted molar refractivity (Wildman–Crippen MR) is 76.0 cm³/mol. The van der Waals surface area contributed by atoms with E-state index < -0.39 is 5.60 Å². The molecular weight excluding hydrogens is 246 g/mol. The van der Waals surface area contributed by atoms with E-state index in [2.05, 4.69) is 12.2 Å². The average molecular weight is 268 g/mol. The van der Waals surface area contributed by atoms with Gasteiger partial charge in [-0.1, -0.05) is 30.7 Å². The van der Waals surface area contributed by atoms with Gasteiger partial charge in [0.15, 0.2) is 0 Å². The van der Waals surface area contributed by atoms with Crippen molar-refractivity contribution in [3.05, 3.63) is 34.9 Å². The number of aliphatic hydroxyl groups is 1. The van der Waals surface area contributed by atoms with Gasteiger partial charge in [0, 0.05) is 23.9 Å². The zero-order valence-electron chi connectivity index (χ0n) is 11.0. The van der Waals surface area contributed by atoms with Gasteiger partial charge >= 0.3 is 0 Å². The lowest BCUT2D eigenvalue weighted by atomic mass is 9.76. The maximum atomic E-state index is 10.9. The van der Waals surface area contributed by atoms with E-state index in [-0.39, 0.29) is 0 Å². The number of halogens is 1. The molecule has 0 saturated carbocycles. The van der Waals surface area contributed by atoms with Crippen molar-refractivity contribution in [1.29, 1.82) is 0 Å². The highest BCUT2D eigenvalue weighted by Crippen LogP contribution is 2.31. The number of hydrogen-bond donors (Lipinski definition) is 2. The fourth-order valence-electron chi connectivity index (χ4n) is 2.82. The summed E-state index contributed by atoms with van der Waals surface area (Å²) in [6.07, 6.45) is 3.79. The fraction of sp³-hybridized carbons (Fsp3) is 0.600. The number of nitrogens with one attached hydrogen (secondary N) is 1. The normalized spacial score (nSPS) is 23.6. The summed E-state index contributed by atoms with van der Waals surface area (Å²) in [5.74, 6) is 0.354. The molecule has 2 rings (SSSR count). The Labute approximate surface area is 114 Å². The monoisotopic (exact) mass is 267 g/mol. The van der Waals surface area contributed by atoms with Crippen molar-refractivity contribution in [3.63, 3.8) is 0 Å².